The molecular formula is C18H18N4O3S. The largest absolute Gasteiger partial charge is 0.497 e. The first-order valence-corrected chi connectivity index (χ1v) is 9.20. The number of nitrogens with zero attached hydrogens (tertiary/aromatic N) is 4. The van der Waals surface area contributed by atoms with E-state index in [-0.39, 0.29) is 12.0 Å². The number of rotatable bonds is 5. The zero-order chi connectivity index (χ0) is 17.9. The fraction of sp³-hybridized carbons (Fsp3) is 0.333. The molecule has 1 saturated heterocycles. The van der Waals surface area contributed by atoms with Crippen LogP contribution < -0.4 is 9.64 Å². The Morgan fingerprint density at radius 1 is 1.42 bits per heavy atom. The van der Waals surface area contributed by atoms with Crippen LogP contribution in [0.5, 0.6) is 5.75 Å². The van der Waals surface area contributed by atoms with Gasteiger partial charge in [-0.05, 0) is 25.0 Å². The molecule has 1 aliphatic heterocycles. The highest BCUT2D eigenvalue weighted by molar-refractivity contribution is 7.22. The van der Waals surface area contributed by atoms with Crippen molar-refractivity contribution in [2.24, 2.45) is 0 Å². The fourth-order valence-corrected chi connectivity index (χ4v) is 3.88. The van der Waals surface area contributed by atoms with Gasteiger partial charge in [0.05, 0.1) is 36.2 Å². The molecule has 1 fully saturated rings. The smallest absolute Gasteiger partial charge is 0.280 e. The van der Waals surface area contributed by atoms with Gasteiger partial charge in [0.25, 0.3) is 5.91 Å². The number of aromatic nitrogens is 3. The maximum atomic E-state index is 13.0. The summed E-state index contributed by atoms with van der Waals surface area (Å²) in [6, 6.07) is 5.71. The van der Waals surface area contributed by atoms with E-state index in [1.54, 1.807) is 18.2 Å². The second kappa shape index (κ2) is 7.35. The van der Waals surface area contributed by atoms with Crippen LogP contribution in [-0.2, 0) is 4.74 Å². The summed E-state index contributed by atoms with van der Waals surface area (Å²) in [5, 5.41) is 0.624. The van der Waals surface area contributed by atoms with E-state index in [4.69, 9.17) is 9.47 Å². The van der Waals surface area contributed by atoms with Gasteiger partial charge in [-0.25, -0.2) is 9.97 Å². The molecule has 0 spiro atoms. The van der Waals surface area contributed by atoms with E-state index in [0.29, 0.717) is 17.4 Å². The molecule has 8 heteroatoms. The molecular weight excluding hydrogens is 352 g/mol. The zero-order valence-electron chi connectivity index (χ0n) is 14.3. The number of hydrogen-bond acceptors (Lipinski definition) is 7. The Kier molecular flexibility index (Phi) is 4.77. The zero-order valence-corrected chi connectivity index (χ0v) is 15.1. The first kappa shape index (κ1) is 16.9. The van der Waals surface area contributed by atoms with Crippen molar-refractivity contribution in [3.8, 4) is 5.75 Å². The van der Waals surface area contributed by atoms with E-state index >= 15 is 0 Å². The minimum absolute atomic E-state index is 0.0113. The van der Waals surface area contributed by atoms with E-state index in [2.05, 4.69) is 15.0 Å². The number of carbonyl (C=O) groups is 1. The molecule has 0 N–H and O–H groups in total. The lowest BCUT2D eigenvalue weighted by atomic mass is 10.2. The van der Waals surface area contributed by atoms with Crippen LogP contribution in [-0.4, -0.2) is 47.2 Å². The number of methoxy groups -OCH3 is 1. The van der Waals surface area contributed by atoms with Gasteiger partial charge < -0.3 is 9.47 Å². The summed E-state index contributed by atoms with van der Waals surface area (Å²) in [7, 11) is 1.62. The van der Waals surface area contributed by atoms with Gasteiger partial charge in [-0.3, -0.25) is 14.7 Å². The van der Waals surface area contributed by atoms with Crippen molar-refractivity contribution in [1.29, 1.82) is 0 Å². The highest BCUT2D eigenvalue weighted by Crippen LogP contribution is 2.32. The van der Waals surface area contributed by atoms with Gasteiger partial charge in [0.2, 0.25) is 0 Å². The minimum atomic E-state index is -0.223. The van der Waals surface area contributed by atoms with Crippen molar-refractivity contribution in [2.45, 2.75) is 18.9 Å². The number of carbonyl (C=O) groups excluding carboxylic acids is 1. The van der Waals surface area contributed by atoms with Gasteiger partial charge in [0, 0.05) is 25.1 Å². The molecule has 0 bridgehead atoms. The van der Waals surface area contributed by atoms with E-state index in [1.165, 1.54) is 23.7 Å². The third kappa shape index (κ3) is 3.38. The van der Waals surface area contributed by atoms with Gasteiger partial charge in [-0.1, -0.05) is 11.3 Å². The van der Waals surface area contributed by atoms with Crippen LogP contribution >= 0.6 is 11.3 Å². The van der Waals surface area contributed by atoms with Crippen molar-refractivity contribution >= 4 is 32.6 Å². The molecule has 0 aliphatic carbocycles. The normalized spacial score (nSPS) is 16.7. The summed E-state index contributed by atoms with van der Waals surface area (Å²) in [5.74, 6) is 0.514. The van der Waals surface area contributed by atoms with Gasteiger partial charge >= 0.3 is 0 Å². The summed E-state index contributed by atoms with van der Waals surface area (Å²) in [4.78, 5) is 27.5. The Bertz CT molecular complexity index is 909. The maximum Gasteiger partial charge on any atom is 0.280 e. The predicted molar refractivity (Wildman–Crippen MR) is 98.9 cm³/mol. The topological polar surface area (TPSA) is 77.4 Å². The minimum Gasteiger partial charge on any atom is -0.497 e. The average Bonchev–Trinajstić information content (AvgIpc) is 3.34. The van der Waals surface area contributed by atoms with E-state index in [0.717, 1.165) is 35.4 Å². The molecule has 3 heterocycles. The van der Waals surface area contributed by atoms with Gasteiger partial charge in [0.15, 0.2) is 5.13 Å². The number of fused-ring (bicyclic) bond motifs is 1. The van der Waals surface area contributed by atoms with Gasteiger partial charge in [-0.2, -0.15) is 0 Å². The lowest BCUT2D eigenvalue weighted by Crippen LogP contribution is -2.38. The van der Waals surface area contributed by atoms with Crippen LogP contribution in [0, 0.1) is 0 Å². The number of hydrogen-bond donors (Lipinski definition) is 0. The molecule has 1 atom stereocenters. The molecule has 4 rings (SSSR count). The van der Waals surface area contributed by atoms with Crippen molar-refractivity contribution in [1.82, 2.24) is 15.0 Å². The molecule has 1 aliphatic rings. The summed E-state index contributed by atoms with van der Waals surface area (Å²) < 4.78 is 12.0. The van der Waals surface area contributed by atoms with Crippen LogP contribution in [0.15, 0.2) is 36.8 Å². The first-order valence-electron chi connectivity index (χ1n) is 8.38. The Morgan fingerprint density at radius 3 is 3.08 bits per heavy atom. The molecule has 1 unspecified atom stereocenters. The quantitative estimate of drug-likeness (QED) is 0.687. The Hall–Kier alpha value is -2.58. The second-order valence-corrected chi connectivity index (χ2v) is 6.98. The number of benzene rings is 1. The number of anilines is 1. The van der Waals surface area contributed by atoms with E-state index in [9.17, 15) is 4.79 Å². The first-order chi connectivity index (χ1) is 12.7. The van der Waals surface area contributed by atoms with E-state index < -0.39 is 0 Å². The van der Waals surface area contributed by atoms with Gasteiger partial charge in [0.1, 0.15) is 11.4 Å². The summed E-state index contributed by atoms with van der Waals surface area (Å²) in [6.07, 6.45) is 6.49. The second-order valence-electron chi connectivity index (χ2n) is 5.97. The monoisotopic (exact) mass is 370 g/mol. The van der Waals surface area contributed by atoms with Crippen molar-refractivity contribution in [2.75, 3.05) is 25.2 Å². The lowest BCUT2D eigenvalue weighted by molar-refractivity contribution is 0.0913. The summed E-state index contributed by atoms with van der Waals surface area (Å²) in [5.41, 5.74) is 1.09. The van der Waals surface area contributed by atoms with Crippen LogP contribution in [0.1, 0.15) is 23.3 Å². The van der Waals surface area contributed by atoms with Crippen LogP contribution in [0.4, 0.5) is 5.13 Å². The van der Waals surface area contributed by atoms with Crippen molar-refractivity contribution < 1.29 is 14.3 Å². The van der Waals surface area contributed by atoms with Crippen LogP contribution in [0.3, 0.4) is 0 Å². The lowest BCUT2D eigenvalue weighted by Gasteiger charge is -2.22. The molecule has 0 saturated carbocycles. The Labute approximate surface area is 154 Å². The van der Waals surface area contributed by atoms with Crippen LogP contribution in [0.25, 0.3) is 10.2 Å². The number of amides is 1. The van der Waals surface area contributed by atoms with Crippen molar-refractivity contribution in [3.63, 3.8) is 0 Å². The molecule has 1 aromatic carbocycles. The number of ether oxygens (including phenoxy) is 2. The summed E-state index contributed by atoms with van der Waals surface area (Å²) >= 11 is 1.47. The molecule has 1 amide bonds. The highest BCUT2D eigenvalue weighted by atomic mass is 32.1. The third-order valence-electron chi connectivity index (χ3n) is 4.25. The fourth-order valence-electron chi connectivity index (χ4n) is 2.93. The average molecular weight is 370 g/mol. The maximum absolute atomic E-state index is 13.0. The number of thiazole rings is 1. The Balaban J connectivity index is 1.70. The molecule has 2 aromatic heterocycles. The Morgan fingerprint density at radius 2 is 2.35 bits per heavy atom. The highest BCUT2D eigenvalue weighted by Gasteiger charge is 2.27. The third-order valence-corrected chi connectivity index (χ3v) is 5.31. The standard InChI is InChI=1S/C18H18N4O3S/c1-24-12-4-5-16-14(9-12)21-18(26-16)22(11-13-3-2-8-25-13)17(23)15-10-19-6-7-20-15/h4-7,9-10,13H,2-3,8,11H2,1H3. The molecule has 26 heavy (non-hydrogen) atoms. The molecule has 134 valence electrons. The molecule has 7 nitrogen and oxygen atoms in total. The van der Waals surface area contributed by atoms with Crippen LogP contribution in [0.2, 0.25) is 0 Å². The summed E-state index contributed by atoms with van der Waals surface area (Å²) in [6.45, 7) is 1.18. The predicted octanol–water partition coefficient (Wildman–Crippen LogP) is 2.92. The molecule has 0 radical (unpaired) electrons. The van der Waals surface area contributed by atoms with Gasteiger partial charge in [-0.15, -0.1) is 0 Å². The molecule has 3 aromatic rings. The van der Waals surface area contributed by atoms with Crippen molar-refractivity contribution in [3.05, 3.63) is 42.5 Å². The SMILES string of the molecule is COc1ccc2sc(N(CC3CCCO3)C(=O)c3cnccn3)nc2c1. The van der Waals surface area contributed by atoms with E-state index in [1.807, 2.05) is 18.2 Å².